The summed E-state index contributed by atoms with van der Waals surface area (Å²) in [5.74, 6) is -2.30. The average molecular weight is 313 g/mol. The SMILES string of the molecule is CC(CCCCl)(C(=O)O)c1ccc(C(F)(F)F)cc1F. The third kappa shape index (κ3) is 3.42. The van der Waals surface area contributed by atoms with E-state index >= 15 is 0 Å². The van der Waals surface area contributed by atoms with Gasteiger partial charge in [0.05, 0.1) is 11.0 Å². The number of hydrogen-bond acceptors (Lipinski definition) is 1. The Bertz CT molecular complexity index is 502. The maximum absolute atomic E-state index is 13.9. The minimum Gasteiger partial charge on any atom is -0.481 e. The van der Waals surface area contributed by atoms with Crippen molar-refractivity contribution in [2.24, 2.45) is 0 Å². The van der Waals surface area contributed by atoms with Gasteiger partial charge in [-0.2, -0.15) is 13.2 Å². The van der Waals surface area contributed by atoms with Gasteiger partial charge < -0.3 is 5.11 Å². The van der Waals surface area contributed by atoms with Crippen LogP contribution < -0.4 is 0 Å². The largest absolute Gasteiger partial charge is 0.481 e. The van der Waals surface area contributed by atoms with E-state index in [9.17, 15) is 27.5 Å². The molecule has 1 aromatic carbocycles. The summed E-state index contributed by atoms with van der Waals surface area (Å²) in [6.07, 6.45) is -4.33. The van der Waals surface area contributed by atoms with Crippen LogP contribution in [-0.4, -0.2) is 17.0 Å². The summed E-state index contributed by atoms with van der Waals surface area (Å²) < 4.78 is 51.2. The molecule has 0 aliphatic heterocycles. The van der Waals surface area contributed by atoms with Gasteiger partial charge >= 0.3 is 12.1 Å². The molecular weight excluding hydrogens is 300 g/mol. The second kappa shape index (κ2) is 5.99. The highest BCUT2D eigenvalue weighted by atomic mass is 35.5. The van der Waals surface area contributed by atoms with Gasteiger partial charge in [0, 0.05) is 11.4 Å². The lowest BCUT2D eigenvalue weighted by molar-refractivity contribution is -0.143. The maximum Gasteiger partial charge on any atom is 0.416 e. The van der Waals surface area contributed by atoms with Crippen molar-refractivity contribution in [2.75, 3.05) is 5.88 Å². The topological polar surface area (TPSA) is 37.3 Å². The number of benzene rings is 1. The molecule has 0 saturated heterocycles. The third-order valence-electron chi connectivity index (χ3n) is 3.17. The molecule has 2 nitrogen and oxygen atoms in total. The number of halogens is 5. The predicted octanol–water partition coefficient (Wildman–Crippen LogP) is 4.21. The van der Waals surface area contributed by atoms with Crippen molar-refractivity contribution in [1.29, 1.82) is 0 Å². The molecule has 1 unspecified atom stereocenters. The Kier molecular flexibility index (Phi) is 5.02. The highest BCUT2D eigenvalue weighted by molar-refractivity contribution is 6.17. The molecule has 1 aromatic rings. The molecule has 0 spiro atoms. The van der Waals surface area contributed by atoms with Gasteiger partial charge in [-0.25, -0.2) is 4.39 Å². The van der Waals surface area contributed by atoms with E-state index in [1.54, 1.807) is 0 Å². The number of rotatable bonds is 5. The van der Waals surface area contributed by atoms with Crippen LogP contribution in [0.5, 0.6) is 0 Å². The summed E-state index contributed by atoms with van der Waals surface area (Å²) in [4.78, 5) is 11.3. The van der Waals surface area contributed by atoms with E-state index in [0.29, 0.717) is 18.6 Å². The molecule has 0 aromatic heterocycles. The predicted molar refractivity (Wildman–Crippen MR) is 66.3 cm³/mol. The van der Waals surface area contributed by atoms with E-state index in [2.05, 4.69) is 0 Å². The molecule has 0 aliphatic carbocycles. The lowest BCUT2D eigenvalue weighted by Crippen LogP contribution is -2.33. The summed E-state index contributed by atoms with van der Waals surface area (Å²) in [6.45, 7) is 1.27. The Morgan fingerprint density at radius 1 is 1.35 bits per heavy atom. The first-order chi connectivity index (χ1) is 9.13. The molecule has 0 radical (unpaired) electrons. The number of carbonyl (C=O) groups is 1. The second-order valence-corrected chi connectivity index (χ2v) is 5.00. The highest BCUT2D eigenvalue weighted by Crippen LogP contribution is 2.35. The number of carboxylic acid groups (broad SMARTS) is 1. The van der Waals surface area contributed by atoms with Crippen LogP contribution in [-0.2, 0) is 16.4 Å². The Hall–Kier alpha value is -1.30. The van der Waals surface area contributed by atoms with Gasteiger partial charge in [0.2, 0.25) is 0 Å². The van der Waals surface area contributed by atoms with Crippen molar-refractivity contribution in [3.05, 3.63) is 35.1 Å². The van der Waals surface area contributed by atoms with Crippen LogP contribution in [0.2, 0.25) is 0 Å². The van der Waals surface area contributed by atoms with E-state index in [0.717, 1.165) is 6.07 Å². The van der Waals surface area contributed by atoms with Crippen LogP contribution in [0.15, 0.2) is 18.2 Å². The van der Waals surface area contributed by atoms with Crippen LogP contribution in [0, 0.1) is 5.82 Å². The van der Waals surface area contributed by atoms with E-state index in [4.69, 9.17) is 11.6 Å². The lowest BCUT2D eigenvalue weighted by atomic mass is 9.78. The molecule has 0 amide bonds. The molecule has 0 heterocycles. The number of alkyl halides is 4. The third-order valence-corrected chi connectivity index (χ3v) is 3.44. The zero-order chi connectivity index (χ0) is 15.6. The molecule has 0 aliphatic rings. The smallest absolute Gasteiger partial charge is 0.416 e. The van der Waals surface area contributed by atoms with Crippen LogP contribution in [0.3, 0.4) is 0 Å². The van der Waals surface area contributed by atoms with Crippen molar-refractivity contribution in [3.63, 3.8) is 0 Å². The fourth-order valence-electron chi connectivity index (χ4n) is 1.92. The van der Waals surface area contributed by atoms with Gasteiger partial charge in [-0.3, -0.25) is 4.79 Å². The van der Waals surface area contributed by atoms with Crippen molar-refractivity contribution in [2.45, 2.75) is 31.4 Å². The fraction of sp³-hybridized carbons (Fsp3) is 0.462. The molecule has 1 rings (SSSR count). The van der Waals surface area contributed by atoms with Gasteiger partial charge in [-0.15, -0.1) is 11.6 Å². The van der Waals surface area contributed by atoms with Gasteiger partial charge in [0.15, 0.2) is 0 Å². The maximum atomic E-state index is 13.9. The Balaban J connectivity index is 3.26. The monoisotopic (exact) mass is 312 g/mol. The molecule has 20 heavy (non-hydrogen) atoms. The molecule has 1 atom stereocenters. The quantitative estimate of drug-likeness (QED) is 0.653. The first kappa shape index (κ1) is 16.8. The number of carboxylic acids is 1. The minimum absolute atomic E-state index is 0.0358. The number of aliphatic carboxylic acids is 1. The molecule has 1 N–H and O–H groups in total. The molecule has 0 saturated carbocycles. The standard InChI is InChI=1S/C13H13ClF4O2/c1-12(11(19)20,5-2-6-14)9-4-3-8(7-10(9)15)13(16,17)18/h3-4,7H,2,5-6H2,1H3,(H,19,20). The Morgan fingerprint density at radius 2 is 1.95 bits per heavy atom. The lowest BCUT2D eigenvalue weighted by Gasteiger charge is -2.26. The van der Waals surface area contributed by atoms with E-state index in [1.807, 2.05) is 0 Å². The average Bonchev–Trinajstić information content (AvgIpc) is 2.34. The van der Waals surface area contributed by atoms with Crippen molar-refractivity contribution < 1.29 is 27.5 Å². The zero-order valence-electron chi connectivity index (χ0n) is 10.6. The molecular formula is C13H13ClF4O2. The molecule has 112 valence electrons. The molecule has 0 fully saturated rings. The Labute approximate surface area is 118 Å². The zero-order valence-corrected chi connectivity index (χ0v) is 11.4. The minimum atomic E-state index is -4.67. The first-order valence-electron chi connectivity index (χ1n) is 5.79. The van der Waals surface area contributed by atoms with Crippen molar-refractivity contribution >= 4 is 17.6 Å². The van der Waals surface area contributed by atoms with Crippen LogP contribution in [0.25, 0.3) is 0 Å². The molecule has 7 heteroatoms. The second-order valence-electron chi connectivity index (χ2n) is 4.62. The fourth-order valence-corrected chi connectivity index (χ4v) is 2.05. The summed E-state index contributed by atoms with van der Waals surface area (Å²) in [5, 5.41) is 9.23. The summed E-state index contributed by atoms with van der Waals surface area (Å²) >= 11 is 5.49. The van der Waals surface area contributed by atoms with Crippen LogP contribution in [0.4, 0.5) is 17.6 Å². The van der Waals surface area contributed by atoms with Crippen LogP contribution in [0.1, 0.15) is 30.9 Å². The Morgan fingerprint density at radius 3 is 2.35 bits per heavy atom. The van der Waals surface area contributed by atoms with E-state index < -0.39 is 28.9 Å². The summed E-state index contributed by atoms with van der Waals surface area (Å²) in [6, 6.07) is 1.87. The highest BCUT2D eigenvalue weighted by Gasteiger charge is 2.38. The van der Waals surface area contributed by atoms with Gasteiger partial charge in [-0.05, 0) is 31.9 Å². The van der Waals surface area contributed by atoms with Crippen molar-refractivity contribution in [1.82, 2.24) is 0 Å². The first-order valence-corrected chi connectivity index (χ1v) is 6.33. The van der Waals surface area contributed by atoms with Gasteiger partial charge in [0.25, 0.3) is 0 Å². The summed E-state index contributed by atoms with van der Waals surface area (Å²) in [7, 11) is 0. The van der Waals surface area contributed by atoms with Gasteiger partial charge in [-0.1, -0.05) is 6.07 Å². The van der Waals surface area contributed by atoms with E-state index in [1.165, 1.54) is 6.92 Å². The summed E-state index contributed by atoms with van der Waals surface area (Å²) in [5.41, 5.74) is -3.03. The van der Waals surface area contributed by atoms with Crippen molar-refractivity contribution in [3.8, 4) is 0 Å². The van der Waals surface area contributed by atoms with Gasteiger partial charge in [0.1, 0.15) is 5.82 Å². The normalized spacial score (nSPS) is 14.9. The molecule has 0 bridgehead atoms. The van der Waals surface area contributed by atoms with E-state index in [-0.39, 0.29) is 17.9 Å². The van der Waals surface area contributed by atoms with Crippen LogP contribution >= 0.6 is 11.6 Å². The number of hydrogen-bond donors (Lipinski definition) is 1.